The lowest BCUT2D eigenvalue weighted by atomic mass is 9.82. The lowest BCUT2D eigenvalue weighted by Crippen LogP contribution is -2.43. The van der Waals surface area contributed by atoms with Gasteiger partial charge >= 0.3 is 0 Å². The molecule has 0 unspecified atom stereocenters. The molecule has 118 valence electrons. The molecule has 22 heavy (non-hydrogen) atoms. The summed E-state index contributed by atoms with van der Waals surface area (Å²) in [4.78, 5) is 0. The van der Waals surface area contributed by atoms with E-state index in [-0.39, 0.29) is 23.9 Å². The lowest BCUT2D eigenvalue weighted by Gasteiger charge is -2.38. The number of benzene rings is 2. The van der Waals surface area contributed by atoms with Gasteiger partial charge in [0.1, 0.15) is 0 Å². The summed E-state index contributed by atoms with van der Waals surface area (Å²) in [5.41, 5.74) is 2.47. The Morgan fingerprint density at radius 1 is 0.818 bits per heavy atom. The predicted molar refractivity (Wildman–Crippen MR) is 94.2 cm³/mol. The molecule has 0 saturated carbocycles. The maximum absolute atomic E-state index is 9.78. The van der Waals surface area contributed by atoms with Crippen LogP contribution in [0.15, 0.2) is 60.7 Å². The summed E-state index contributed by atoms with van der Waals surface area (Å²) in [7, 11) is 0. The zero-order valence-electron chi connectivity index (χ0n) is 13.0. The minimum absolute atomic E-state index is 0.00297. The first-order valence-corrected chi connectivity index (χ1v) is 8.81. The Bertz CT molecular complexity index is 496. The van der Waals surface area contributed by atoms with Crippen molar-refractivity contribution >= 4 is 11.8 Å². The highest BCUT2D eigenvalue weighted by Gasteiger charge is 2.37. The van der Waals surface area contributed by atoms with E-state index in [4.69, 9.17) is 0 Å². The maximum Gasteiger partial charge on any atom is 0.0494 e. The van der Waals surface area contributed by atoms with Gasteiger partial charge in [-0.05, 0) is 30.2 Å². The summed E-state index contributed by atoms with van der Waals surface area (Å²) in [5, 5.41) is 19.6. The van der Waals surface area contributed by atoms with Crippen molar-refractivity contribution in [2.24, 2.45) is 5.92 Å². The first-order chi connectivity index (χ1) is 10.7. The molecule has 2 nitrogen and oxygen atoms in total. The highest BCUT2D eigenvalue weighted by molar-refractivity contribution is 8.00. The summed E-state index contributed by atoms with van der Waals surface area (Å²) < 4.78 is -0.216. The Morgan fingerprint density at radius 3 is 1.55 bits per heavy atom. The number of thioether (sulfide) groups is 1. The van der Waals surface area contributed by atoms with Gasteiger partial charge in [-0.2, -0.15) is 11.8 Å². The molecule has 2 aromatic rings. The predicted octanol–water partition coefficient (Wildman–Crippen LogP) is 3.17. The second-order valence-electron chi connectivity index (χ2n) is 5.66. The van der Waals surface area contributed by atoms with Gasteiger partial charge in [-0.25, -0.2) is 0 Å². The summed E-state index contributed by atoms with van der Waals surface area (Å²) in [6.45, 7) is -0.00594. The van der Waals surface area contributed by atoms with Gasteiger partial charge in [-0.1, -0.05) is 60.7 Å². The molecule has 0 aliphatic rings. The van der Waals surface area contributed by atoms with Crippen molar-refractivity contribution in [2.75, 3.05) is 19.5 Å². The van der Waals surface area contributed by atoms with Crippen molar-refractivity contribution in [2.45, 2.75) is 17.6 Å². The third kappa shape index (κ3) is 4.13. The quantitative estimate of drug-likeness (QED) is 0.786. The molecule has 0 aliphatic carbocycles. The minimum Gasteiger partial charge on any atom is -0.396 e. The van der Waals surface area contributed by atoms with E-state index >= 15 is 0 Å². The monoisotopic (exact) mass is 316 g/mol. The van der Waals surface area contributed by atoms with Crippen LogP contribution in [0.25, 0.3) is 0 Å². The molecule has 2 rings (SSSR count). The van der Waals surface area contributed by atoms with Gasteiger partial charge in [0, 0.05) is 23.9 Å². The summed E-state index contributed by atoms with van der Waals surface area (Å²) in [6.07, 6.45) is 3.73. The van der Waals surface area contributed by atoms with E-state index in [2.05, 4.69) is 30.5 Å². The van der Waals surface area contributed by atoms with Crippen molar-refractivity contribution in [3.8, 4) is 0 Å². The van der Waals surface area contributed by atoms with Gasteiger partial charge in [0.05, 0.1) is 0 Å². The lowest BCUT2D eigenvalue weighted by molar-refractivity contribution is 0.119. The largest absolute Gasteiger partial charge is 0.396 e. The van der Waals surface area contributed by atoms with Gasteiger partial charge in [-0.3, -0.25) is 0 Å². The number of aliphatic hydroxyl groups excluding tert-OH is 2. The molecule has 0 saturated heterocycles. The minimum atomic E-state index is -0.216. The van der Waals surface area contributed by atoms with Crippen LogP contribution in [-0.4, -0.2) is 34.4 Å². The average molecular weight is 316 g/mol. The molecule has 0 aromatic heterocycles. The maximum atomic E-state index is 9.78. The molecule has 2 aromatic carbocycles. The normalized spacial score (nSPS) is 11.8. The van der Waals surface area contributed by atoms with Crippen molar-refractivity contribution < 1.29 is 10.2 Å². The fourth-order valence-electron chi connectivity index (χ4n) is 2.94. The molecule has 3 heteroatoms. The van der Waals surface area contributed by atoms with Gasteiger partial charge in [0.25, 0.3) is 0 Å². The number of aliphatic hydroxyl groups is 2. The van der Waals surface area contributed by atoms with E-state index in [1.165, 1.54) is 11.1 Å². The molecule has 0 fully saturated rings. The SMILES string of the molecule is CSC(Cc1ccccc1)(Cc1ccccc1)C(CO)CO. The zero-order valence-corrected chi connectivity index (χ0v) is 13.8. The summed E-state index contributed by atoms with van der Waals surface area (Å²) in [6, 6.07) is 20.6. The van der Waals surface area contributed by atoms with E-state index in [1.807, 2.05) is 36.4 Å². The molecule has 0 atom stereocenters. The molecular weight excluding hydrogens is 292 g/mol. The molecule has 0 aliphatic heterocycles. The van der Waals surface area contributed by atoms with E-state index in [1.54, 1.807) is 11.8 Å². The van der Waals surface area contributed by atoms with Crippen LogP contribution >= 0.6 is 11.8 Å². The molecule has 0 radical (unpaired) electrons. The smallest absolute Gasteiger partial charge is 0.0494 e. The van der Waals surface area contributed by atoms with Crippen LogP contribution < -0.4 is 0 Å². The number of hydrogen-bond donors (Lipinski definition) is 2. The van der Waals surface area contributed by atoms with E-state index in [0.29, 0.717) is 0 Å². The summed E-state index contributed by atoms with van der Waals surface area (Å²) in [5.74, 6) is -0.150. The second kappa shape index (κ2) is 8.37. The molecule has 2 N–H and O–H groups in total. The topological polar surface area (TPSA) is 40.5 Å². The third-order valence-electron chi connectivity index (χ3n) is 4.28. The third-order valence-corrected chi connectivity index (χ3v) is 5.72. The van der Waals surface area contributed by atoms with Crippen molar-refractivity contribution in [1.29, 1.82) is 0 Å². The van der Waals surface area contributed by atoms with Crippen LogP contribution in [0.5, 0.6) is 0 Å². The first kappa shape index (κ1) is 17.1. The Kier molecular flexibility index (Phi) is 6.49. The molecule has 0 spiro atoms. The molecule has 0 bridgehead atoms. The van der Waals surface area contributed by atoms with Crippen LogP contribution in [-0.2, 0) is 12.8 Å². The first-order valence-electron chi connectivity index (χ1n) is 7.59. The Morgan fingerprint density at radius 2 is 1.23 bits per heavy atom. The van der Waals surface area contributed by atoms with Crippen molar-refractivity contribution in [3.05, 3.63) is 71.8 Å². The Hall–Kier alpha value is -1.29. The van der Waals surface area contributed by atoms with Gasteiger partial charge in [-0.15, -0.1) is 0 Å². The number of hydrogen-bond acceptors (Lipinski definition) is 3. The van der Waals surface area contributed by atoms with E-state index in [0.717, 1.165) is 12.8 Å². The van der Waals surface area contributed by atoms with Gasteiger partial charge in [0.2, 0.25) is 0 Å². The summed E-state index contributed by atoms with van der Waals surface area (Å²) >= 11 is 1.74. The van der Waals surface area contributed by atoms with Gasteiger partial charge < -0.3 is 10.2 Å². The zero-order chi connectivity index (χ0) is 15.8. The van der Waals surface area contributed by atoms with Crippen LogP contribution in [0.2, 0.25) is 0 Å². The van der Waals surface area contributed by atoms with E-state index in [9.17, 15) is 10.2 Å². The fourth-order valence-corrected chi connectivity index (χ4v) is 4.04. The van der Waals surface area contributed by atoms with Crippen molar-refractivity contribution in [1.82, 2.24) is 0 Å². The van der Waals surface area contributed by atoms with Crippen LogP contribution in [0.1, 0.15) is 11.1 Å². The highest BCUT2D eigenvalue weighted by atomic mass is 32.2. The molecule has 0 amide bonds. The van der Waals surface area contributed by atoms with Gasteiger partial charge in [0.15, 0.2) is 0 Å². The average Bonchev–Trinajstić information content (AvgIpc) is 2.57. The second-order valence-corrected chi connectivity index (χ2v) is 6.88. The highest BCUT2D eigenvalue weighted by Crippen LogP contribution is 2.38. The fraction of sp³-hybridized carbons (Fsp3) is 0.368. The standard InChI is InChI=1S/C19H24O2S/c1-22-19(18(14-20)15-21,12-16-8-4-2-5-9-16)13-17-10-6-3-7-11-17/h2-11,18,20-21H,12-15H2,1H3. The van der Waals surface area contributed by atoms with Crippen LogP contribution in [0.4, 0.5) is 0 Å². The Balaban J connectivity index is 2.33. The Labute approximate surface area is 137 Å². The van der Waals surface area contributed by atoms with Crippen LogP contribution in [0.3, 0.4) is 0 Å². The number of rotatable bonds is 8. The van der Waals surface area contributed by atoms with Crippen LogP contribution in [0, 0.1) is 5.92 Å². The molecular formula is C19H24O2S. The van der Waals surface area contributed by atoms with E-state index < -0.39 is 0 Å². The van der Waals surface area contributed by atoms with Crippen molar-refractivity contribution in [3.63, 3.8) is 0 Å². The molecule has 0 heterocycles.